The molecule has 4 aromatic rings. The molecule has 7 amide bonds. The number of aliphatic hydroxyl groups excluding tert-OH is 3. The van der Waals surface area contributed by atoms with Gasteiger partial charge in [0.15, 0.2) is 6.04 Å². The fraction of sp³-hybridized carbons (Fsp3) is 0.523. The number of carbonyl (C=O) groups is 11. The molecule has 2 aliphatic heterocycles. The third-order valence-electron chi connectivity index (χ3n) is 16.7. The Morgan fingerprint density at radius 1 is 0.580 bits per heavy atom. The quantitative estimate of drug-likeness (QED) is 0.0155. The minimum Gasteiger partial charge on any atom is -0.508 e. The first-order valence-electron chi connectivity index (χ1n) is 32.7. The first-order valence-corrected chi connectivity index (χ1v) is 35.1. The molecule has 11 atom stereocenters. The van der Waals surface area contributed by atoms with Crippen LogP contribution in [0, 0.1) is 0 Å². The smallest absolute Gasteiger partial charge is 0.328 e. The van der Waals surface area contributed by atoms with E-state index in [9.17, 15) is 84.0 Å². The van der Waals surface area contributed by atoms with E-state index in [1.807, 2.05) is 6.07 Å². The first-order chi connectivity index (χ1) is 47.7. The fourth-order valence-electron chi connectivity index (χ4n) is 11.2. The lowest BCUT2D eigenvalue weighted by Gasteiger charge is -2.33. The number of amides is 7. The van der Waals surface area contributed by atoms with Gasteiger partial charge in [0.1, 0.15) is 42.2 Å². The number of carbonyl (C=O) groups excluding carboxylic acids is 7. The molecule has 35 heteroatoms. The lowest BCUT2D eigenvalue weighted by atomic mass is 10.0. The molecule has 18 N–H and O–H groups in total. The van der Waals surface area contributed by atoms with Crippen LogP contribution in [0.5, 0.6) is 5.75 Å². The number of fused-ring (bicyclic) bond motifs is 1. The summed E-state index contributed by atoms with van der Waals surface area (Å²) in [4.78, 5) is 158. The van der Waals surface area contributed by atoms with Crippen LogP contribution in [0.1, 0.15) is 44.2 Å². The van der Waals surface area contributed by atoms with Crippen LogP contribution in [0.4, 0.5) is 0 Å². The maximum Gasteiger partial charge on any atom is 0.328 e. The Labute approximate surface area is 585 Å². The molecule has 0 radical (unpaired) electrons. The zero-order valence-corrected chi connectivity index (χ0v) is 57.2. The molecule has 3 heterocycles. The number of nitrogens with one attached hydrogen (secondary N) is 8. The van der Waals surface area contributed by atoms with Crippen molar-refractivity contribution in [2.75, 3.05) is 96.6 Å². The molecular weight excluding hydrogens is 1340 g/mol. The van der Waals surface area contributed by atoms with Crippen LogP contribution in [0.2, 0.25) is 0 Å². The van der Waals surface area contributed by atoms with Crippen molar-refractivity contribution in [3.63, 3.8) is 0 Å². The van der Waals surface area contributed by atoms with E-state index in [0.717, 1.165) is 33.9 Å². The third kappa shape index (κ3) is 26.9. The maximum atomic E-state index is 15.3. The SMILES string of the molecule is C[C@@H](O)C1NC(=O)[C@H](CCCCN)NC(=O)[C@@H](Cn2ccc3ccccc32)NC(=O)C(Cc2ccc(O)cc2)NC(=O)[C@@H](NC(O)[C@@H](Cc2ccccc2)NC(=O)CN2CCN(CC(=O)O)CCN(CC(=O)O)CCN(CC(=O)O)CC2)CSSCC(C(=O)N[C@H](C(=O)O)[C@@H](C)O)NC1=O. The highest BCUT2D eigenvalue weighted by Crippen LogP contribution is 2.25. The van der Waals surface area contributed by atoms with E-state index >= 15 is 9.59 Å². The van der Waals surface area contributed by atoms with Gasteiger partial charge in [-0.1, -0.05) is 82.3 Å². The van der Waals surface area contributed by atoms with Gasteiger partial charge in [-0.25, -0.2) is 4.79 Å². The van der Waals surface area contributed by atoms with Crippen LogP contribution in [0.25, 0.3) is 10.9 Å². The van der Waals surface area contributed by atoms with Gasteiger partial charge in [0.05, 0.1) is 57.0 Å². The molecule has 0 bridgehead atoms. The molecule has 3 aromatic carbocycles. The number of phenols is 1. The average molecular weight is 1440 g/mol. The minimum atomic E-state index is -1.90. The number of aromatic hydroxyl groups is 1. The van der Waals surface area contributed by atoms with Crippen LogP contribution >= 0.6 is 21.6 Å². The van der Waals surface area contributed by atoms with E-state index in [4.69, 9.17) is 5.73 Å². The summed E-state index contributed by atoms with van der Waals surface area (Å²) in [6.45, 7) is 1.33. The Balaban J connectivity index is 1.41. The van der Waals surface area contributed by atoms with E-state index in [2.05, 4.69) is 42.5 Å². The highest BCUT2D eigenvalue weighted by Gasteiger charge is 2.38. The summed E-state index contributed by atoms with van der Waals surface area (Å²) >= 11 is 0. The van der Waals surface area contributed by atoms with Gasteiger partial charge in [0.25, 0.3) is 0 Å². The topological polar surface area (TPSA) is 490 Å². The van der Waals surface area contributed by atoms with E-state index in [1.54, 1.807) is 85.0 Å². The van der Waals surface area contributed by atoms with Crippen LogP contribution in [0.15, 0.2) is 91.1 Å². The number of phenolic OH excluding ortho intramolecular Hbond substituents is 1. The second-order valence-electron chi connectivity index (χ2n) is 24.6. The van der Waals surface area contributed by atoms with Crippen molar-refractivity contribution in [2.24, 2.45) is 5.73 Å². The first kappa shape index (κ1) is 80.5. The van der Waals surface area contributed by atoms with Crippen LogP contribution in [-0.4, -0.2) is 294 Å². The Morgan fingerprint density at radius 3 is 1.67 bits per heavy atom. The number of para-hydroxylation sites is 1. The molecule has 2 fully saturated rings. The van der Waals surface area contributed by atoms with Gasteiger partial charge in [0, 0.05) is 82.0 Å². The van der Waals surface area contributed by atoms with Gasteiger partial charge >= 0.3 is 23.9 Å². The largest absolute Gasteiger partial charge is 0.508 e. The Morgan fingerprint density at radius 2 is 1.11 bits per heavy atom. The number of carboxylic acids is 4. The normalized spacial score (nSPS) is 22.3. The van der Waals surface area contributed by atoms with Crippen molar-refractivity contribution in [1.29, 1.82) is 0 Å². The van der Waals surface area contributed by atoms with E-state index in [1.165, 1.54) is 31.2 Å². The standard InChI is InChI=1S/C65H92N14O19S2/c1-39(80)56-64(96)72-50(63(95)74-57(40(2)81)65(97)98)38-100-99-37-49(71-59(91)46(30-41-10-4-3-5-11-41)67-52(83)33-75-22-24-76(34-53(84)85)26-28-78(36-55(88)89)29-27-77(25-23-75)35-54(86)87)62(94)69-47(31-42-15-17-44(82)18-16-42)60(92)70-48(32-79-21-19-43-12-6-7-14-51(43)79)61(93)68-45(58(90)73-56)13-8-9-20-66/h3-7,10-12,14-19,21,39-40,45-50,56-57,59,71,80-82,91H,8-9,13,20,22-38,66H2,1-2H3,(H,67,83)(H,68,93)(H,69,94)(H,70,92)(H,72,96)(H,73,90)(H,74,95)(H,84,85)(H,86,87)(H,88,89)(H,97,98)/t39-,40-,45+,46-,47?,48-,49+,50?,56?,57+,59?/m1/s1. The number of nitrogens with two attached hydrogens (primary N) is 1. The summed E-state index contributed by atoms with van der Waals surface area (Å²) in [6.07, 6.45) is -3.34. The summed E-state index contributed by atoms with van der Waals surface area (Å²) in [5, 5.41) is 105. The molecule has 100 heavy (non-hydrogen) atoms. The Kier molecular flexibility index (Phi) is 32.7. The lowest BCUT2D eigenvalue weighted by molar-refractivity contribution is -0.145. The average Bonchev–Trinajstić information content (AvgIpc) is 1.54. The van der Waals surface area contributed by atoms with Gasteiger partial charge in [-0.2, -0.15) is 0 Å². The fourth-order valence-corrected chi connectivity index (χ4v) is 13.5. The number of rotatable bonds is 27. The third-order valence-corrected chi connectivity index (χ3v) is 19.1. The highest BCUT2D eigenvalue weighted by atomic mass is 33.1. The van der Waals surface area contributed by atoms with Crippen LogP contribution in [-0.2, 0) is 72.1 Å². The van der Waals surface area contributed by atoms with Crippen molar-refractivity contribution < 1.29 is 93.6 Å². The summed E-state index contributed by atoms with van der Waals surface area (Å²) in [7, 11) is 1.73. The predicted octanol–water partition coefficient (Wildman–Crippen LogP) is -3.65. The van der Waals surface area contributed by atoms with Gasteiger partial charge < -0.3 is 88.4 Å². The number of aromatic nitrogens is 1. The molecule has 0 spiro atoms. The summed E-state index contributed by atoms with van der Waals surface area (Å²) < 4.78 is 1.68. The zero-order valence-electron chi connectivity index (χ0n) is 55.6. The summed E-state index contributed by atoms with van der Waals surface area (Å²) in [6, 6.07) is 10.4. The van der Waals surface area contributed by atoms with E-state index in [0.29, 0.717) is 23.1 Å². The molecule has 0 saturated carbocycles. The Hall–Kier alpha value is -8.49. The number of hydrogen-bond acceptors (Lipinski definition) is 23. The van der Waals surface area contributed by atoms with Crippen LogP contribution < -0.4 is 48.3 Å². The maximum absolute atomic E-state index is 15.3. The number of hydrogen-bond donors (Lipinski definition) is 17. The van der Waals surface area contributed by atoms with Crippen molar-refractivity contribution in [1.82, 2.24) is 66.7 Å². The molecule has 4 unspecified atom stereocenters. The number of aliphatic hydroxyl groups is 3. The molecule has 548 valence electrons. The minimum absolute atomic E-state index is 0.0652. The lowest BCUT2D eigenvalue weighted by Crippen LogP contribution is -2.63. The monoisotopic (exact) mass is 1440 g/mol. The zero-order chi connectivity index (χ0) is 73.0. The van der Waals surface area contributed by atoms with Gasteiger partial charge in [-0.05, 0) is 86.9 Å². The van der Waals surface area contributed by atoms with Gasteiger partial charge in [-0.15, -0.1) is 0 Å². The molecule has 0 aliphatic carbocycles. The second-order valence-corrected chi connectivity index (χ2v) is 27.2. The predicted molar refractivity (Wildman–Crippen MR) is 368 cm³/mol. The van der Waals surface area contributed by atoms with Crippen molar-refractivity contribution in [3.8, 4) is 5.75 Å². The molecule has 6 rings (SSSR count). The van der Waals surface area contributed by atoms with Crippen molar-refractivity contribution >= 4 is 97.7 Å². The van der Waals surface area contributed by atoms with Crippen molar-refractivity contribution in [2.45, 2.75) is 119 Å². The number of unbranched alkanes of at least 4 members (excludes halogenated alkanes) is 1. The van der Waals surface area contributed by atoms with Crippen molar-refractivity contribution in [3.05, 3.63) is 102 Å². The van der Waals surface area contributed by atoms with E-state index < -0.39 is 151 Å². The van der Waals surface area contributed by atoms with Gasteiger partial charge in [0.2, 0.25) is 41.4 Å². The van der Waals surface area contributed by atoms with Gasteiger partial charge in [-0.3, -0.25) is 72.9 Å². The Bertz CT molecular complexity index is 3360. The molecule has 33 nitrogen and oxygen atoms in total. The number of nitrogens with zero attached hydrogens (tertiary/aromatic N) is 5. The molecule has 2 aliphatic rings. The molecule has 2 saturated heterocycles. The second kappa shape index (κ2) is 40.7. The van der Waals surface area contributed by atoms with E-state index in [-0.39, 0.29) is 116 Å². The molecule has 1 aromatic heterocycles. The highest BCUT2D eigenvalue weighted by molar-refractivity contribution is 8.76. The summed E-state index contributed by atoms with van der Waals surface area (Å²) in [5.41, 5.74) is 7.48. The number of aliphatic carboxylic acids is 4. The number of benzene rings is 3. The number of carboxylic acid groups (broad SMARTS) is 4. The van der Waals surface area contributed by atoms with Crippen LogP contribution in [0.3, 0.4) is 0 Å². The summed E-state index contributed by atoms with van der Waals surface area (Å²) in [5.74, 6) is -12.8. The molecular formula is C65H92N14O19S2.